The van der Waals surface area contributed by atoms with Gasteiger partial charge < -0.3 is 9.47 Å². The summed E-state index contributed by atoms with van der Waals surface area (Å²) in [5.41, 5.74) is 2.05. The van der Waals surface area contributed by atoms with E-state index >= 15 is 0 Å². The van der Waals surface area contributed by atoms with Crippen LogP contribution in [0, 0.1) is 5.41 Å². The molecule has 0 aliphatic carbocycles. The van der Waals surface area contributed by atoms with Gasteiger partial charge in [-0.2, -0.15) is 0 Å². The Morgan fingerprint density at radius 3 is 2.61 bits per heavy atom. The van der Waals surface area contributed by atoms with Crippen LogP contribution in [0.4, 0.5) is 0 Å². The minimum Gasteiger partial charge on any atom is -0.336 e. The monoisotopic (exact) mass is 249 g/mol. The third kappa shape index (κ3) is 2.28. The summed E-state index contributed by atoms with van der Waals surface area (Å²) in [4.78, 5) is 18.7. The Balaban J connectivity index is 2.24. The molecule has 0 N–H and O–H groups in total. The molecule has 0 fully saturated rings. The molecule has 18 heavy (non-hydrogen) atoms. The standard InChI is InChI=1S/C14H23N3O/c1-10(2)17-9-15-11-6-7-16(8-12(11)17)13(18)14(3,4)5/h9-10H,6-8H2,1-5H3. The van der Waals surface area contributed by atoms with Gasteiger partial charge in [0.05, 0.1) is 24.3 Å². The zero-order valence-corrected chi connectivity index (χ0v) is 12.0. The number of nitrogens with zero attached hydrogens (tertiary/aromatic N) is 3. The zero-order valence-electron chi connectivity index (χ0n) is 12.0. The smallest absolute Gasteiger partial charge is 0.228 e. The maximum atomic E-state index is 12.3. The molecule has 0 unspecified atom stereocenters. The maximum absolute atomic E-state index is 12.3. The number of aromatic nitrogens is 2. The van der Waals surface area contributed by atoms with E-state index in [0.29, 0.717) is 12.6 Å². The third-order valence-electron chi connectivity index (χ3n) is 3.43. The van der Waals surface area contributed by atoms with E-state index < -0.39 is 0 Å². The SMILES string of the molecule is CC(C)n1cnc2c1CN(C(=O)C(C)(C)C)CC2. The number of hydrogen-bond acceptors (Lipinski definition) is 2. The van der Waals surface area contributed by atoms with E-state index in [1.165, 1.54) is 5.69 Å². The molecule has 0 aromatic carbocycles. The van der Waals surface area contributed by atoms with E-state index in [1.54, 1.807) is 0 Å². The van der Waals surface area contributed by atoms with Crippen molar-refractivity contribution in [2.24, 2.45) is 5.41 Å². The average Bonchev–Trinajstić information content (AvgIpc) is 2.69. The normalized spacial score (nSPS) is 16.0. The molecule has 1 amide bonds. The van der Waals surface area contributed by atoms with E-state index in [4.69, 9.17) is 0 Å². The molecule has 0 radical (unpaired) electrons. The summed E-state index contributed by atoms with van der Waals surface area (Å²) in [5, 5.41) is 0. The van der Waals surface area contributed by atoms with Gasteiger partial charge in [-0.15, -0.1) is 0 Å². The van der Waals surface area contributed by atoms with Gasteiger partial charge in [0.25, 0.3) is 0 Å². The van der Waals surface area contributed by atoms with Crippen molar-refractivity contribution in [1.29, 1.82) is 0 Å². The molecule has 1 aromatic rings. The lowest BCUT2D eigenvalue weighted by Crippen LogP contribution is -2.42. The highest BCUT2D eigenvalue weighted by Crippen LogP contribution is 2.25. The van der Waals surface area contributed by atoms with Crippen LogP contribution in [0.25, 0.3) is 0 Å². The summed E-state index contributed by atoms with van der Waals surface area (Å²) in [7, 11) is 0. The predicted molar refractivity (Wildman–Crippen MR) is 71.2 cm³/mol. The van der Waals surface area contributed by atoms with Gasteiger partial charge >= 0.3 is 0 Å². The van der Waals surface area contributed by atoms with Crippen LogP contribution in [0.15, 0.2) is 6.33 Å². The Kier molecular flexibility index (Phi) is 3.21. The lowest BCUT2D eigenvalue weighted by Gasteiger charge is -2.33. The van der Waals surface area contributed by atoms with E-state index in [0.717, 1.165) is 18.7 Å². The average molecular weight is 249 g/mol. The zero-order chi connectivity index (χ0) is 13.5. The lowest BCUT2D eigenvalue weighted by atomic mass is 9.93. The fourth-order valence-corrected chi connectivity index (χ4v) is 2.40. The second-order valence-electron chi connectivity index (χ2n) is 6.37. The molecule has 4 nitrogen and oxygen atoms in total. The van der Waals surface area contributed by atoms with Gasteiger partial charge in [0.15, 0.2) is 0 Å². The summed E-state index contributed by atoms with van der Waals surface area (Å²) < 4.78 is 2.18. The summed E-state index contributed by atoms with van der Waals surface area (Å²) in [6, 6.07) is 0.394. The minimum absolute atomic E-state index is 0.227. The molecule has 1 aliphatic rings. The van der Waals surface area contributed by atoms with Crippen molar-refractivity contribution in [3.63, 3.8) is 0 Å². The lowest BCUT2D eigenvalue weighted by molar-refractivity contribution is -0.140. The number of imidazole rings is 1. The molecular weight excluding hydrogens is 226 g/mol. The van der Waals surface area contributed by atoms with Crippen LogP contribution in [-0.2, 0) is 17.8 Å². The second-order valence-corrected chi connectivity index (χ2v) is 6.37. The number of rotatable bonds is 1. The molecule has 1 aliphatic heterocycles. The number of carbonyl (C=O) groups is 1. The summed E-state index contributed by atoms with van der Waals surface area (Å²) in [6.45, 7) is 11.7. The number of fused-ring (bicyclic) bond motifs is 1. The van der Waals surface area contributed by atoms with Gasteiger partial charge in [0, 0.05) is 24.4 Å². The summed E-state index contributed by atoms with van der Waals surface area (Å²) >= 11 is 0. The van der Waals surface area contributed by atoms with E-state index in [1.807, 2.05) is 32.0 Å². The highest BCUT2D eigenvalue weighted by molar-refractivity contribution is 5.81. The van der Waals surface area contributed by atoms with Crippen molar-refractivity contribution in [1.82, 2.24) is 14.5 Å². The first-order valence-corrected chi connectivity index (χ1v) is 6.64. The van der Waals surface area contributed by atoms with Gasteiger partial charge in [-0.1, -0.05) is 20.8 Å². The Hall–Kier alpha value is -1.32. The molecule has 0 spiro atoms. The van der Waals surface area contributed by atoms with Gasteiger partial charge in [-0.05, 0) is 13.8 Å². The van der Waals surface area contributed by atoms with Crippen molar-refractivity contribution in [2.45, 2.75) is 53.6 Å². The first kappa shape index (κ1) is 13.1. The van der Waals surface area contributed by atoms with Crippen molar-refractivity contribution in [2.75, 3.05) is 6.54 Å². The molecule has 4 heteroatoms. The Morgan fingerprint density at radius 2 is 2.06 bits per heavy atom. The predicted octanol–water partition coefficient (Wildman–Crippen LogP) is 2.39. The number of amides is 1. The van der Waals surface area contributed by atoms with Crippen molar-refractivity contribution in [3.05, 3.63) is 17.7 Å². The molecular formula is C14H23N3O. The van der Waals surface area contributed by atoms with Crippen LogP contribution in [0.3, 0.4) is 0 Å². The molecule has 0 saturated heterocycles. The van der Waals surface area contributed by atoms with Crippen LogP contribution >= 0.6 is 0 Å². The molecule has 2 heterocycles. The van der Waals surface area contributed by atoms with E-state index in [2.05, 4.69) is 23.4 Å². The van der Waals surface area contributed by atoms with Gasteiger partial charge in [0.1, 0.15) is 0 Å². The van der Waals surface area contributed by atoms with Gasteiger partial charge in [0.2, 0.25) is 5.91 Å². The van der Waals surface area contributed by atoms with Gasteiger partial charge in [-0.25, -0.2) is 4.98 Å². The Labute approximate surface area is 109 Å². The van der Waals surface area contributed by atoms with Crippen molar-refractivity contribution < 1.29 is 4.79 Å². The number of carbonyl (C=O) groups excluding carboxylic acids is 1. The van der Waals surface area contributed by atoms with Crippen molar-refractivity contribution in [3.8, 4) is 0 Å². The highest BCUT2D eigenvalue weighted by atomic mass is 16.2. The van der Waals surface area contributed by atoms with Gasteiger partial charge in [-0.3, -0.25) is 4.79 Å². The van der Waals surface area contributed by atoms with Crippen LogP contribution in [0.2, 0.25) is 0 Å². The Bertz CT molecular complexity index is 454. The largest absolute Gasteiger partial charge is 0.336 e. The Morgan fingerprint density at radius 1 is 1.39 bits per heavy atom. The number of hydrogen-bond donors (Lipinski definition) is 0. The minimum atomic E-state index is -0.305. The first-order chi connectivity index (χ1) is 8.30. The fourth-order valence-electron chi connectivity index (χ4n) is 2.40. The van der Waals surface area contributed by atoms with Crippen LogP contribution in [-0.4, -0.2) is 26.9 Å². The fraction of sp³-hybridized carbons (Fsp3) is 0.714. The molecule has 0 bridgehead atoms. The molecule has 100 valence electrons. The molecule has 0 saturated carbocycles. The second kappa shape index (κ2) is 4.41. The van der Waals surface area contributed by atoms with Crippen molar-refractivity contribution >= 4 is 5.91 Å². The topological polar surface area (TPSA) is 38.1 Å². The molecule has 0 atom stereocenters. The molecule has 1 aromatic heterocycles. The van der Waals surface area contributed by atoms with Crippen LogP contribution < -0.4 is 0 Å². The van der Waals surface area contributed by atoms with Crippen LogP contribution in [0.5, 0.6) is 0 Å². The first-order valence-electron chi connectivity index (χ1n) is 6.64. The summed E-state index contributed by atoms with van der Waals surface area (Å²) in [6.07, 6.45) is 2.78. The third-order valence-corrected chi connectivity index (χ3v) is 3.43. The molecule has 2 rings (SSSR count). The van der Waals surface area contributed by atoms with E-state index in [9.17, 15) is 4.79 Å². The highest BCUT2D eigenvalue weighted by Gasteiger charge is 2.31. The summed E-state index contributed by atoms with van der Waals surface area (Å²) in [5.74, 6) is 0.227. The van der Waals surface area contributed by atoms with E-state index in [-0.39, 0.29) is 11.3 Å². The maximum Gasteiger partial charge on any atom is 0.228 e. The van der Waals surface area contributed by atoms with Crippen LogP contribution in [0.1, 0.15) is 52.0 Å². The quantitative estimate of drug-likeness (QED) is 0.766.